The van der Waals surface area contributed by atoms with Crippen molar-refractivity contribution in [3.05, 3.63) is 71.9 Å². The molecule has 1 aromatic heterocycles. The summed E-state index contributed by atoms with van der Waals surface area (Å²) in [6, 6.07) is 22.2. The summed E-state index contributed by atoms with van der Waals surface area (Å²) in [5, 5.41) is 3.67. The molecule has 0 bridgehead atoms. The van der Waals surface area contributed by atoms with Crippen molar-refractivity contribution in [3.8, 4) is 11.4 Å². The highest BCUT2D eigenvalue weighted by molar-refractivity contribution is 6.34. The van der Waals surface area contributed by atoms with E-state index in [1.165, 1.54) is 0 Å². The molecule has 0 amide bonds. The van der Waals surface area contributed by atoms with Crippen LogP contribution in [0.25, 0.3) is 33.1 Å². The predicted octanol–water partition coefficient (Wildman–Crippen LogP) is 5.10. The number of hydrogen-bond acceptors (Lipinski definition) is 2. The maximum Gasteiger partial charge on any atom is 0.161 e. The lowest BCUT2D eigenvalue weighted by atomic mass is 10.1. The number of rotatable bonds is 1. The Kier molecular flexibility index (Phi) is 2.83. The molecule has 0 radical (unpaired) electrons. The van der Waals surface area contributed by atoms with Crippen LogP contribution in [0.15, 0.2) is 66.7 Å². The molecule has 0 aliphatic rings. The molecule has 0 saturated heterocycles. The minimum absolute atomic E-state index is 0.490. The number of hydrogen-bond donors (Lipinski definition) is 0. The average Bonchev–Trinajstić information content (AvgIpc) is 2.54. The highest BCUT2D eigenvalue weighted by atomic mass is 35.5. The van der Waals surface area contributed by atoms with Crippen LogP contribution in [0.4, 0.5) is 0 Å². The first-order valence-corrected chi connectivity index (χ1v) is 7.10. The Balaban J connectivity index is 2.03. The highest BCUT2D eigenvalue weighted by Gasteiger charge is 2.08. The van der Waals surface area contributed by atoms with Crippen LogP contribution >= 0.6 is 11.6 Å². The third-order valence-corrected chi connectivity index (χ3v) is 3.84. The van der Waals surface area contributed by atoms with Crippen molar-refractivity contribution in [1.29, 1.82) is 0 Å². The lowest BCUT2D eigenvalue weighted by Gasteiger charge is -2.06. The maximum absolute atomic E-state index is 6.36. The van der Waals surface area contributed by atoms with Crippen LogP contribution in [-0.2, 0) is 0 Å². The Morgan fingerprint density at radius 1 is 0.714 bits per heavy atom. The van der Waals surface area contributed by atoms with Crippen LogP contribution in [0, 0.1) is 0 Å². The van der Waals surface area contributed by atoms with E-state index in [1.54, 1.807) is 0 Å². The molecule has 2 nitrogen and oxygen atoms in total. The summed E-state index contributed by atoms with van der Waals surface area (Å²) in [5.41, 5.74) is 1.84. The fourth-order valence-corrected chi connectivity index (χ4v) is 2.73. The largest absolute Gasteiger partial charge is 0.228 e. The van der Waals surface area contributed by atoms with Crippen LogP contribution < -0.4 is 0 Å². The molecule has 4 aromatic rings. The minimum Gasteiger partial charge on any atom is -0.228 e. The van der Waals surface area contributed by atoms with Gasteiger partial charge in [0.25, 0.3) is 0 Å². The Bertz CT molecular complexity index is 949. The fourth-order valence-electron chi connectivity index (χ4n) is 2.49. The summed E-state index contributed by atoms with van der Waals surface area (Å²) >= 11 is 6.36. The third-order valence-electron chi connectivity index (χ3n) is 3.55. The van der Waals surface area contributed by atoms with E-state index in [2.05, 4.69) is 28.2 Å². The molecule has 4 rings (SSSR count). The third kappa shape index (κ3) is 2.14. The molecular formula is C18H11ClN2. The molecule has 0 saturated carbocycles. The standard InChI is InChI=1S/C18H11ClN2/c19-17-15-10-13-8-4-5-9-14(13)11-16(15)20-18(21-17)12-6-2-1-3-7-12/h1-11H. The summed E-state index contributed by atoms with van der Waals surface area (Å²) in [6.07, 6.45) is 0. The van der Waals surface area contributed by atoms with Crippen LogP contribution in [-0.4, -0.2) is 9.97 Å². The van der Waals surface area contributed by atoms with Crippen molar-refractivity contribution in [2.75, 3.05) is 0 Å². The zero-order chi connectivity index (χ0) is 14.2. The van der Waals surface area contributed by atoms with E-state index in [-0.39, 0.29) is 0 Å². The van der Waals surface area contributed by atoms with Gasteiger partial charge in [-0.15, -0.1) is 0 Å². The average molecular weight is 291 g/mol. The van der Waals surface area contributed by atoms with E-state index < -0.39 is 0 Å². The predicted molar refractivity (Wildman–Crippen MR) is 87.5 cm³/mol. The van der Waals surface area contributed by atoms with Gasteiger partial charge in [-0.1, -0.05) is 66.2 Å². The van der Waals surface area contributed by atoms with Crippen LogP contribution in [0.2, 0.25) is 5.15 Å². The lowest BCUT2D eigenvalue weighted by Crippen LogP contribution is -1.92. The van der Waals surface area contributed by atoms with E-state index in [4.69, 9.17) is 11.6 Å². The quantitative estimate of drug-likeness (QED) is 0.360. The summed E-state index contributed by atoms with van der Waals surface area (Å²) in [5.74, 6) is 0.656. The van der Waals surface area contributed by atoms with E-state index in [9.17, 15) is 0 Å². The van der Waals surface area contributed by atoms with Gasteiger partial charge in [0.05, 0.1) is 5.52 Å². The number of nitrogens with zero attached hydrogens (tertiary/aromatic N) is 2. The monoisotopic (exact) mass is 290 g/mol. The van der Waals surface area contributed by atoms with Gasteiger partial charge in [0.1, 0.15) is 5.15 Å². The minimum atomic E-state index is 0.490. The van der Waals surface area contributed by atoms with Crippen molar-refractivity contribution < 1.29 is 0 Å². The number of halogens is 1. The highest BCUT2D eigenvalue weighted by Crippen LogP contribution is 2.28. The van der Waals surface area contributed by atoms with Gasteiger partial charge in [-0.3, -0.25) is 0 Å². The van der Waals surface area contributed by atoms with Gasteiger partial charge in [-0.05, 0) is 22.9 Å². The molecule has 3 aromatic carbocycles. The topological polar surface area (TPSA) is 25.8 Å². The SMILES string of the molecule is Clc1nc(-c2ccccc2)nc2cc3ccccc3cc12. The lowest BCUT2D eigenvalue weighted by molar-refractivity contribution is 1.23. The van der Waals surface area contributed by atoms with Crippen molar-refractivity contribution in [2.45, 2.75) is 0 Å². The Hall–Kier alpha value is -2.45. The molecule has 0 unspecified atom stereocenters. The molecule has 1 heterocycles. The van der Waals surface area contributed by atoms with Crippen molar-refractivity contribution in [3.63, 3.8) is 0 Å². The van der Waals surface area contributed by atoms with Gasteiger partial charge in [0.15, 0.2) is 5.82 Å². The first-order valence-electron chi connectivity index (χ1n) is 6.73. The van der Waals surface area contributed by atoms with Gasteiger partial charge in [-0.2, -0.15) is 0 Å². The first-order chi connectivity index (χ1) is 10.3. The van der Waals surface area contributed by atoms with Gasteiger partial charge in [0, 0.05) is 10.9 Å². The number of aromatic nitrogens is 2. The zero-order valence-corrected chi connectivity index (χ0v) is 11.9. The number of fused-ring (bicyclic) bond motifs is 2. The van der Waals surface area contributed by atoms with E-state index >= 15 is 0 Å². The van der Waals surface area contributed by atoms with Crippen LogP contribution in [0.3, 0.4) is 0 Å². The smallest absolute Gasteiger partial charge is 0.161 e. The Labute approximate surface area is 127 Å². The fraction of sp³-hybridized carbons (Fsp3) is 0. The molecule has 21 heavy (non-hydrogen) atoms. The Morgan fingerprint density at radius 2 is 1.38 bits per heavy atom. The molecule has 0 fully saturated rings. The second kappa shape index (κ2) is 4.83. The molecule has 0 spiro atoms. The van der Waals surface area contributed by atoms with E-state index in [1.807, 2.05) is 48.5 Å². The van der Waals surface area contributed by atoms with Gasteiger partial charge < -0.3 is 0 Å². The van der Waals surface area contributed by atoms with Crippen molar-refractivity contribution in [1.82, 2.24) is 9.97 Å². The summed E-state index contributed by atoms with van der Waals surface area (Å²) in [7, 11) is 0. The Morgan fingerprint density at radius 3 is 2.14 bits per heavy atom. The molecule has 0 aliphatic heterocycles. The second-order valence-corrected chi connectivity index (χ2v) is 5.28. The summed E-state index contributed by atoms with van der Waals surface area (Å²) < 4.78 is 0. The molecule has 3 heteroatoms. The zero-order valence-electron chi connectivity index (χ0n) is 11.1. The van der Waals surface area contributed by atoms with Gasteiger partial charge >= 0.3 is 0 Å². The van der Waals surface area contributed by atoms with Gasteiger partial charge in [0.2, 0.25) is 0 Å². The van der Waals surface area contributed by atoms with Crippen LogP contribution in [0.1, 0.15) is 0 Å². The summed E-state index contributed by atoms with van der Waals surface area (Å²) in [4.78, 5) is 9.09. The molecular weight excluding hydrogens is 280 g/mol. The van der Waals surface area contributed by atoms with E-state index in [0.29, 0.717) is 11.0 Å². The second-order valence-electron chi connectivity index (χ2n) is 4.92. The van der Waals surface area contributed by atoms with Crippen molar-refractivity contribution in [2.24, 2.45) is 0 Å². The van der Waals surface area contributed by atoms with Crippen molar-refractivity contribution >= 4 is 33.3 Å². The van der Waals surface area contributed by atoms with Crippen LogP contribution in [0.5, 0.6) is 0 Å². The number of benzene rings is 3. The maximum atomic E-state index is 6.36. The normalized spacial score (nSPS) is 11.1. The van der Waals surface area contributed by atoms with Gasteiger partial charge in [-0.25, -0.2) is 9.97 Å². The van der Waals surface area contributed by atoms with E-state index in [0.717, 1.165) is 27.2 Å². The summed E-state index contributed by atoms with van der Waals surface area (Å²) in [6.45, 7) is 0. The first kappa shape index (κ1) is 12.3. The molecule has 100 valence electrons. The molecule has 0 N–H and O–H groups in total. The molecule has 0 atom stereocenters. The molecule has 0 aliphatic carbocycles.